The van der Waals surface area contributed by atoms with Gasteiger partial charge >= 0.3 is 0 Å². The van der Waals surface area contributed by atoms with Crippen LogP contribution in [-0.2, 0) is 0 Å². The van der Waals surface area contributed by atoms with Gasteiger partial charge in [-0.15, -0.1) is 18.3 Å². The van der Waals surface area contributed by atoms with Gasteiger partial charge in [0.05, 0.1) is 10.9 Å². The van der Waals surface area contributed by atoms with Crippen molar-refractivity contribution in [3.05, 3.63) is 43.0 Å². The van der Waals surface area contributed by atoms with Gasteiger partial charge in [0.15, 0.2) is 0 Å². The average molecular weight is 208 g/mol. The van der Waals surface area contributed by atoms with Crippen LogP contribution >= 0.6 is 11.8 Å². The topological polar surface area (TPSA) is 20.2 Å². The van der Waals surface area contributed by atoms with E-state index in [-0.39, 0.29) is 5.25 Å². The number of hydrogen-bond acceptors (Lipinski definition) is 2. The van der Waals surface area contributed by atoms with Crippen LogP contribution in [0.3, 0.4) is 0 Å². The van der Waals surface area contributed by atoms with Crippen molar-refractivity contribution in [1.29, 1.82) is 0 Å². The number of rotatable bonds is 4. The van der Waals surface area contributed by atoms with Gasteiger partial charge in [-0.1, -0.05) is 24.3 Å². The summed E-state index contributed by atoms with van der Waals surface area (Å²) in [5.41, 5.74) is -0.734. The number of benzene rings is 1. The molecule has 1 rings (SSSR count). The summed E-state index contributed by atoms with van der Waals surface area (Å²) in [6, 6.07) is 10.0. The van der Waals surface area contributed by atoms with Crippen molar-refractivity contribution < 1.29 is 5.11 Å². The molecule has 1 nitrogen and oxygen atoms in total. The van der Waals surface area contributed by atoms with Crippen LogP contribution in [0, 0.1) is 0 Å². The summed E-state index contributed by atoms with van der Waals surface area (Å²) >= 11 is 1.63. The van der Waals surface area contributed by atoms with E-state index < -0.39 is 5.60 Å². The molecule has 0 radical (unpaired) electrons. The first kappa shape index (κ1) is 11.3. The van der Waals surface area contributed by atoms with Gasteiger partial charge < -0.3 is 5.11 Å². The van der Waals surface area contributed by atoms with Gasteiger partial charge in [-0.2, -0.15) is 0 Å². The molecule has 1 aromatic carbocycles. The minimum atomic E-state index is -0.734. The van der Waals surface area contributed by atoms with E-state index >= 15 is 0 Å². The maximum atomic E-state index is 9.85. The van der Waals surface area contributed by atoms with Gasteiger partial charge in [0.25, 0.3) is 0 Å². The number of hydrogen-bond donors (Lipinski definition) is 1. The monoisotopic (exact) mass is 208 g/mol. The second-order valence-electron chi connectivity index (χ2n) is 3.74. The average Bonchev–Trinajstić information content (AvgIpc) is 2.14. The Morgan fingerprint density at radius 1 is 1.36 bits per heavy atom. The van der Waals surface area contributed by atoms with Crippen LogP contribution in [-0.4, -0.2) is 16.0 Å². The van der Waals surface area contributed by atoms with Crippen LogP contribution in [0.1, 0.15) is 13.8 Å². The van der Waals surface area contributed by atoms with E-state index in [1.165, 1.54) is 0 Å². The summed E-state index contributed by atoms with van der Waals surface area (Å²) in [6.07, 6.45) is 1.79. The highest BCUT2D eigenvalue weighted by atomic mass is 32.2. The van der Waals surface area contributed by atoms with Gasteiger partial charge in [-0.3, -0.25) is 0 Å². The summed E-state index contributed by atoms with van der Waals surface area (Å²) in [6.45, 7) is 7.34. The second-order valence-corrected chi connectivity index (χ2v) is 4.96. The first-order valence-corrected chi connectivity index (χ1v) is 5.48. The molecule has 0 saturated heterocycles. The molecule has 0 unspecified atom stereocenters. The van der Waals surface area contributed by atoms with E-state index in [4.69, 9.17) is 0 Å². The quantitative estimate of drug-likeness (QED) is 0.606. The third-order valence-corrected chi connectivity index (χ3v) is 3.48. The van der Waals surface area contributed by atoms with Gasteiger partial charge in [0, 0.05) is 4.90 Å². The molecule has 0 aliphatic carbocycles. The molecule has 0 spiro atoms. The zero-order valence-electron chi connectivity index (χ0n) is 8.60. The molecule has 0 aromatic heterocycles. The lowest BCUT2D eigenvalue weighted by molar-refractivity contribution is 0.0894. The van der Waals surface area contributed by atoms with Crippen LogP contribution in [0.4, 0.5) is 0 Å². The Bertz CT molecular complexity index is 287. The molecule has 0 fully saturated rings. The van der Waals surface area contributed by atoms with Crippen molar-refractivity contribution in [1.82, 2.24) is 0 Å². The van der Waals surface area contributed by atoms with Gasteiger partial charge in [-0.05, 0) is 26.0 Å². The molecule has 14 heavy (non-hydrogen) atoms. The summed E-state index contributed by atoms with van der Waals surface area (Å²) in [5, 5.41) is 9.87. The highest BCUT2D eigenvalue weighted by Crippen LogP contribution is 2.30. The molecule has 1 N–H and O–H groups in total. The van der Waals surface area contributed by atoms with Crippen LogP contribution in [0.2, 0.25) is 0 Å². The predicted molar refractivity (Wildman–Crippen MR) is 62.6 cm³/mol. The minimum absolute atomic E-state index is 0.0184. The fourth-order valence-electron chi connectivity index (χ4n) is 1.13. The minimum Gasteiger partial charge on any atom is -0.389 e. The molecule has 76 valence electrons. The fourth-order valence-corrected chi connectivity index (χ4v) is 2.12. The third kappa shape index (κ3) is 3.20. The highest BCUT2D eigenvalue weighted by molar-refractivity contribution is 8.00. The highest BCUT2D eigenvalue weighted by Gasteiger charge is 2.24. The lowest BCUT2D eigenvalue weighted by Crippen LogP contribution is -2.31. The van der Waals surface area contributed by atoms with Crippen molar-refractivity contribution in [2.75, 3.05) is 0 Å². The predicted octanol–water partition coefficient (Wildman–Crippen LogP) is 3.10. The largest absolute Gasteiger partial charge is 0.389 e. The molecule has 0 aliphatic heterocycles. The van der Waals surface area contributed by atoms with Crippen molar-refractivity contribution >= 4 is 11.8 Å². The zero-order chi connectivity index (χ0) is 10.6. The van der Waals surface area contributed by atoms with E-state index in [1.807, 2.05) is 30.3 Å². The molecule has 1 aromatic rings. The maximum Gasteiger partial charge on any atom is 0.0748 e. The molecule has 0 heterocycles. The summed E-state index contributed by atoms with van der Waals surface area (Å²) in [7, 11) is 0. The first-order chi connectivity index (χ1) is 6.54. The van der Waals surface area contributed by atoms with Gasteiger partial charge in [-0.25, -0.2) is 0 Å². The van der Waals surface area contributed by atoms with Gasteiger partial charge in [0.2, 0.25) is 0 Å². The Hall–Kier alpha value is -0.730. The SMILES string of the molecule is C=C[C@H](Sc1ccccc1)C(C)(C)O. The summed E-state index contributed by atoms with van der Waals surface area (Å²) in [5.74, 6) is 0. The van der Waals surface area contributed by atoms with E-state index in [9.17, 15) is 5.11 Å². The molecule has 0 aliphatic rings. The van der Waals surface area contributed by atoms with Crippen LogP contribution in [0.25, 0.3) is 0 Å². The van der Waals surface area contributed by atoms with Crippen LogP contribution < -0.4 is 0 Å². The van der Waals surface area contributed by atoms with Gasteiger partial charge in [0.1, 0.15) is 0 Å². The van der Waals surface area contributed by atoms with Crippen molar-refractivity contribution in [3.8, 4) is 0 Å². The molecule has 0 saturated carbocycles. The van der Waals surface area contributed by atoms with E-state index in [1.54, 1.807) is 31.7 Å². The Kier molecular flexibility index (Phi) is 3.78. The molecule has 2 heteroatoms. The Labute approximate surface area is 89.8 Å². The normalized spacial score (nSPS) is 13.6. The van der Waals surface area contributed by atoms with Crippen LogP contribution in [0.15, 0.2) is 47.9 Å². The number of thioether (sulfide) groups is 1. The maximum absolute atomic E-state index is 9.85. The zero-order valence-corrected chi connectivity index (χ0v) is 9.42. The Balaban J connectivity index is 2.72. The van der Waals surface area contributed by atoms with E-state index in [0.717, 1.165) is 4.90 Å². The Morgan fingerprint density at radius 3 is 2.36 bits per heavy atom. The molecule has 1 atom stereocenters. The van der Waals surface area contributed by atoms with Crippen molar-refractivity contribution in [3.63, 3.8) is 0 Å². The second kappa shape index (κ2) is 4.67. The molecule has 0 bridgehead atoms. The number of aliphatic hydroxyl groups is 1. The van der Waals surface area contributed by atoms with Crippen molar-refractivity contribution in [2.24, 2.45) is 0 Å². The fraction of sp³-hybridized carbons (Fsp3) is 0.333. The van der Waals surface area contributed by atoms with E-state index in [0.29, 0.717) is 0 Å². The smallest absolute Gasteiger partial charge is 0.0748 e. The molecular weight excluding hydrogens is 192 g/mol. The van der Waals surface area contributed by atoms with Crippen molar-refractivity contribution in [2.45, 2.75) is 29.6 Å². The third-order valence-electron chi connectivity index (χ3n) is 1.92. The lowest BCUT2D eigenvalue weighted by atomic mass is 10.1. The Morgan fingerprint density at radius 2 is 1.93 bits per heavy atom. The molecule has 0 amide bonds. The van der Waals surface area contributed by atoms with Crippen LogP contribution in [0.5, 0.6) is 0 Å². The van der Waals surface area contributed by atoms with E-state index in [2.05, 4.69) is 6.58 Å². The first-order valence-electron chi connectivity index (χ1n) is 4.60. The standard InChI is InChI=1S/C12H16OS/c1-4-11(12(2,3)13)14-10-8-6-5-7-9-10/h4-9,11,13H,1H2,2-3H3/t11-/m0/s1. The molecular formula is C12H16OS. The summed E-state index contributed by atoms with van der Waals surface area (Å²) in [4.78, 5) is 1.15. The summed E-state index contributed by atoms with van der Waals surface area (Å²) < 4.78 is 0. The lowest BCUT2D eigenvalue weighted by Gasteiger charge is -2.25.